The topological polar surface area (TPSA) is 437 Å². The SMILES string of the molecule is CNc1ncnc2c1ncn2[C@@H]1O[C@H](COP(=O)([O-])OP(=O)([O-])OP(=O)([O-])OC[C@H]2O[C@@H]([n+]3cn(C)c4c(=O)[nH]c(N)nc43)C(OC)[C@H]2OC)[C@H](OP(=O)([O-])OC[C@H]2O[C@@H](C)C(O)[C@H]2OC(C)C)C1OC. The van der Waals surface area contributed by atoms with Crippen molar-refractivity contribution in [3.63, 3.8) is 0 Å². The van der Waals surface area contributed by atoms with Gasteiger partial charge in [0.1, 0.15) is 66.8 Å². The summed E-state index contributed by atoms with van der Waals surface area (Å²) in [6.45, 7) is 1.92. The number of nitrogens with one attached hydrogen (secondary N) is 2. The van der Waals surface area contributed by atoms with Gasteiger partial charge in [-0.25, -0.2) is 28.1 Å². The van der Waals surface area contributed by atoms with Gasteiger partial charge in [0.05, 0.1) is 45.4 Å². The van der Waals surface area contributed by atoms with Gasteiger partial charge in [-0.15, -0.1) is 0 Å². The Bertz CT molecular complexity index is 2780. The lowest BCUT2D eigenvalue weighted by atomic mass is 10.1. The van der Waals surface area contributed by atoms with Gasteiger partial charge in [0.25, 0.3) is 42.8 Å². The third-order valence-corrected chi connectivity index (χ3v) is 16.3. The molecule has 0 amide bonds. The van der Waals surface area contributed by atoms with Crippen molar-refractivity contribution in [2.24, 2.45) is 7.05 Å². The molecule has 4 aromatic heterocycles. The number of fused-ring (bicyclic) bond motifs is 2. The largest absolute Gasteiger partial charge is 0.756 e. The Morgan fingerprint density at radius 3 is 2.03 bits per heavy atom. The highest BCUT2D eigenvalue weighted by atomic mass is 31.3. The minimum Gasteiger partial charge on any atom is -0.756 e. The Balaban J connectivity index is 1.03. The van der Waals surface area contributed by atoms with Crippen molar-refractivity contribution >= 4 is 65.4 Å². The summed E-state index contributed by atoms with van der Waals surface area (Å²) in [5, 5.41) is 13.4. The van der Waals surface area contributed by atoms with Crippen molar-refractivity contribution < 1.29 is 107 Å². The van der Waals surface area contributed by atoms with E-state index in [-0.39, 0.29) is 34.1 Å². The van der Waals surface area contributed by atoms with E-state index in [0.29, 0.717) is 0 Å². The van der Waals surface area contributed by atoms with Crippen LogP contribution in [0.3, 0.4) is 0 Å². The lowest BCUT2D eigenvalue weighted by Gasteiger charge is -2.35. The number of aliphatic hydroxyl groups is 1. The molecule has 33 nitrogen and oxygen atoms in total. The van der Waals surface area contributed by atoms with Crippen LogP contribution in [-0.4, -0.2) is 155 Å². The molecule has 7 unspecified atom stereocenters. The van der Waals surface area contributed by atoms with Crippen molar-refractivity contribution in [2.75, 3.05) is 59.2 Å². The fourth-order valence-electron chi connectivity index (χ4n) is 8.24. The Morgan fingerprint density at radius 2 is 1.44 bits per heavy atom. The highest BCUT2D eigenvalue weighted by Crippen LogP contribution is 2.63. The number of H-pyrrole nitrogens is 1. The molecule has 5 N–H and O–H groups in total. The predicted molar refractivity (Wildman–Crippen MR) is 227 cm³/mol. The van der Waals surface area contributed by atoms with Crippen LogP contribution < -0.4 is 40.8 Å². The first-order valence-electron chi connectivity index (χ1n) is 21.1. The number of phosphoric acid groups is 4. The minimum absolute atomic E-state index is 0.0438. The Hall–Kier alpha value is -3.30. The van der Waals surface area contributed by atoms with E-state index in [2.05, 4.69) is 38.9 Å². The van der Waals surface area contributed by atoms with Gasteiger partial charge in [-0.2, -0.15) is 0 Å². The zero-order chi connectivity index (χ0) is 52.0. The fourth-order valence-corrected chi connectivity index (χ4v) is 12.6. The van der Waals surface area contributed by atoms with Crippen molar-refractivity contribution in [1.82, 2.24) is 34.1 Å². The van der Waals surface area contributed by atoms with E-state index in [4.69, 9.17) is 57.0 Å². The number of phosphoric ester groups is 3. The number of imidazole rings is 2. The number of rotatable bonds is 23. The molecule has 37 heteroatoms. The van der Waals surface area contributed by atoms with Crippen LogP contribution in [-0.2, 0) is 85.2 Å². The Morgan fingerprint density at radius 1 is 0.845 bits per heavy atom. The third kappa shape index (κ3) is 12.3. The van der Waals surface area contributed by atoms with Crippen LogP contribution in [0.25, 0.3) is 22.3 Å². The fraction of sp³-hybridized carbons (Fsp3) is 0.706. The summed E-state index contributed by atoms with van der Waals surface area (Å²) in [7, 11) is -17.5. The number of aromatic nitrogens is 8. The lowest BCUT2D eigenvalue weighted by molar-refractivity contribution is -0.746. The second-order valence-electron chi connectivity index (χ2n) is 16.2. The van der Waals surface area contributed by atoms with Crippen LogP contribution in [0.15, 0.2) is 23.8 Å². The second kappa shape index (κ2) is 21.9. The molecule has 3 saturated heterocycles. The highest BCUT2D eigenvalue weighted by molar-refractivity contribution is 7.65. The minimum atomic E-state index is -6.48. The smallest absolute Gasteiger partial charge is 0.313 e. The average Bonchev–Trinajstić information content (AvgIpc) is 4.09. The van der Waals surface area contributed by atoms with Crippen LogP contribution in [0.4, 0.5) is 11.8 Å². The number of hydrogen-bond acceptors (Lipinski definition) is 29. The molecule has 71 heavy (non-hydrogen) atoms. The molecule has 7 heterocycles. The molecule has 3 aliphatic rings. The summed E-state index contributed by atoms with van der Waals surface area (Å²) in [6.07, 6.45) is -11.8. The Kier molecular flexibility index (Phi) is 17.1. The van der Waals surface area contributed by atoms with Gasteiger partial charge in [-0.1, -0.05) is 4.98 Å². The zero-order valence-corrected chi connectivity index (χ0v) is 42.4. The van der Waals surface area contributed by atoms with E-state index in [1.807, 2.05) is 0 Å². The van der Waals surface area contributed by atoms with E-state index in [9.17, 15) is 47.7 Å². The summed E-state index contributed by atoms with van der Waals surface area (Å²) in [4.78, 5) is 84.0. The maximum atomic E-state index is 13.5. The first kappa shape index (κ1) is 55.5. The van der Waals surface area contributed by atoms with Crippen molar-refractivity contribution in [2.45, 2.75) is 100 Å². The molecule has 4 aromatic rings. The summed E-state index contributed by atoms with van der Waals surface area (Å²) < 4.78 is 125. The Labute approximate surface area is 402 Å². The molecule has 16 atom stereocenters. The number of anilines is 2. The van der Waals surface area contributed by atoms with Crippen LogP contribution in [0.5, 0.6) is 0 Å². The molecule has 0 bridgehead atoms. The van der Waals surface area contributed by atoms with E-state index in [1.54, 1.807) is 20.9 Å². The molecular formula is C34H51N10O23P4-3. The molecular weight excluding hydrogens is 1040 g/mol. The molecule has 398 valence electrons. The third-order valence-electron chi connectivity index (χ3n) is 11.2. The molecule has 0 radical (unpaired) electrons. The van der Waals surface area contributed by atoms with Gasteiger partial charge in [0.15, 0.2) is 24.0 Å². The number of nitrogen functional groups attached to an aromatic ring is 1. The van der Waals surface area contributed by atoms with Crippen LogP contribution >= 0.6 is 31.3 Å². The van der Waals surface area contributed by atoms with E-state index < -0.39 is 136 Å². The summed E-state index contributed by atoms with van der Waals surface area (Å²) in [5.74, 6) is 0.0451. The zero-order valence-electron chi connectivity index (χ0n) is 38.8. The summed E-state index contributed by atoms with van der Waals surface area (Å²) >= 11 is 0. The monoisotopic (exact) mass is 1090 g/mol. The maximum Gasteiger partial charge on any atom is 0.313 e. The number of nitrogens with two attached hydrogens (primary N) is 1. The van der Waals surface area contributed by atoms with Crippen LogP contribution in [0, 0.1) is 0 Å². The first-order chi connectivity index (χ1) is 33.3. The van der Waals surface area contributed by atoms with E-state index in [0.717, 1.165) is 7.11 Å². The number of aryl methyl sites for hydroxylation is 1. The van der Waals surface area contributed by atoms with Crippen LogP contribution in [0.1, 0.15) is 33.2 Å². The summed E-state index contributed by atoms with van der Waals surface area (Å²) in [6, 6.07) is 0. The van der Waals surface area contributed by atoms with Crippen molar-refractivity contribution in [3.05, 3.63) is 29.3 Å². The highest BCUT2D eigenvalue weighted by Gasteiger charge is 2.52. The van der Waals surface area contributed by atoms with Crippen LogP contribution in [0.2, 0.25) is 0 Å². The van der Waals surface area contributed by atoms with Gasteiger partial charge < -0.3 is 87.0 Å². The van der Waals surface area contributed by atoms with Gasteiger partial charge in [0.2, 0.25) is 11.7 Å². The molecule has 0 aliphatic carbocycles. The molecule has 0 saturated carbocycles. The van der Waals surface area contributed by atoms with E-state index in [1.165, 1.54) is 60.9 Å². The van der Waals surface area contributed by atoms with Gasteiger partial charge >= 0.3 is 5.65 Å². The first-order valence-corrected chi connectivity index (χ1v) is 26.9. The average molecular weight is 1090 g/mol. The number of nitrogens with zero attached hydrogens (tertiary/aromatic N) is 7. The standard InChI is InChI=1S/C34H54N10O23P4/c1-15(2)61-23-17(62-16(3)22(23)45)9-58-68(47,48)65-25-19(64-32(27(25)57-8)43-13-39-20-28(36-4)37-12-38-29(20)43)11-60-70(51,52)67-71(53,54)66-69(49,50)59-10-18-24(55-6)26(56-7)33(63-18)44-14-42(5)21-30(44)40-34(35)41-31(21)46/h12-19,22-27,32-33,45H,9-11H2,1-8H3,(H7-,35,36,37,38,40,41,46,47,48,49,50,51,52,53,54)/p-3/t16-,17+,18+,19+,22?,23-,24-,25-,26?,27?,32+,33+/m0/s1. The van der Waals surface area contributed by atoms with Gasteiger partial charge in [-0.05, 0) is 20.8 Å². The number of ether oxygens (including phenoxy) is 7. The second-order valence-corrected chi connectivity index (χ2v) is 22.1. The molecule has 0 aromatic carbocycles. The van der Waals surface area contributed by atoms with Gasteiger partial charge in [-0.3, -0.25) is 37.2 Å². The van der Waals surface area contributed by atoms with Crippen molar-refractivity contribution in [1.29, 1.82) is 0 Å². The lowest BCUT2D eigenvalue weighted by Crippen LogP contribution is -2.47. The van der Waals surface area contributed by atoms with Crippen molar-refractivity contribution in [3.8, 4) is 0 Å². The maximum absolute atomic E-state index is 13.5. The number of methoxy groups -OCH3 is 3. The number of hydrogen-bond donors (Lipinski definition) is 4. The summed E-state index contributed by atoms with van der Waals surface area (Å²) in [5.41, 5.74) is 5.63. The quantitative estimate of drug-likeness (QED) is 0.0428. The normalized spacial score (nSPS) is 31.5. The number of aliphatic hydroxyl groups excluding tert-OH is 1. The number of aromatic amines is 1. The predicted octanol–water partition coefficient (Wildman–Crippen LogP) is -2.86. The van der Waals surface area contributed by atoms with E-state index >= 15 is 0 Å². The molecule has 0 spiro atoms. The molecule has 3 aliphatic heterocycles. The van der Waals surface area contributed by atoms with Gasteiger partial charge in [0, 0.05) is 28.4 Å². The molecule has 3 fully saturated rings. The molecule has 7 rings (SSSR count).